The number of pyridine rings is 1. The number of rotatable bonds is 5. The SMILES string of the molecule is CCN(CCC(N)=NO)c1ncc(Cl)cc1Br. The number of anilines is 1. The van der Waals surface area contributed by atoms with Gasteiger partial charge in [-0.1, -0.05) is 16.8 Å². The van der Waals surface area contributed by atoms with Gasteiger partial charge in [-0.05, 0) is 28.9 Å². The van der Waals surface area contributed by atoms with Crippen LogP contribution < -0.4 is 10.6 Å². The van der Waals surface area contributed by atoms with Crippen LogP contribution in [0.3, 0.4) is 0 Å². The zero-order valence-corrected chi connectivity index (χ0v) is 11.7. The van der Waals surface area contributed by atoms with Crippen LogP contribution in [-0.2, 0) is 0 Å². The molecule has 1 aromatic heterocycles. The third-order valence-electron chi connectivity index (χ3n) is 2.24. The molecule has 0 fully saturated rings. The first-order chi connectivity index (χ1) is 8.08. The minimum absolute atomic E-state index is 0.202. The molecule has 17 heavy (non-hydrogen) atoms. The van der Waals surface area contributed by atoms with Crippen molar-refractivity contribution in [3.8, 4) is 0 Å². The van der Waals surface area contributed by atoms with E-state index in [4.69, 9.17) is 22.5 Å². The molecular formula is C10H14BrClN4O. The third-order valence-corrected chi connectivity index (χ3v) is 3.03. The summed E-state index contributed by atoms with van der Waals surface area (Å²) in [6.07, 6.45) is 2.06. The Kier molecular flexibility index (Phi) is 5.50. The van der Waals surface area contributed by atoms with Crippen LogP contribution in [-0.4, -0.2) is 29.1 Å². The molecule has 7 heteroatoms. The summed E-state index contributed by atoms with van der Waals surface area (Å²) < 4.78 is 0.825. The summed E-state index contributed by atoms with van der Waals surface area (Å²) in [5.74, 6) is 0.996. The van der Waals surface area contributed by atoms with Gasteiger partial charge in [0.2, 0.25) is 0 Å². The van der Waals surface area contributed by atoms with Crippen molar-refractivity contribution in [1.29, 1.82) is 0 Å². The maximum absolute atomic E-state index is 8.48. The van der Waals surface area contributed by atoms with E-state index in [0.717, 1.165) is 16.8 Å². The molecule has 1 rings (SSSR count). The van der Waals surface area contributed by atoms with Gasteiger partial charge in [-0.15, -0.1) is 0 Å². The van der Waals surface area contributed by atoms with Crippen molar-refractivity contribution in [3.63, 3.8) is 0 Å². The molecule has 0 radical (unpaired) electrons. The number of hydrogen-bond donors (Lipinski definition) is 2. The number of halogens is 2. The van der Waals surface area contributed by atoms with Crippen molar-refractivity contribution >= 4 is 39.2 Å². The third kappa shape index (κ3) is 4.05. The summed E-state index contributed by atoms with van der Waals surface area (Å²) >= 11 is 9.24. The quantitative estimate of drug-likeness (QED) is 0.378. The molecular weight excluding hydrogens is 307 g/mol. The monoisotopic (exact) mass is 320 g/mol. The first kappa shape index (κ1) is 14.1. The van der Waals surface area contributed by atoms with Gasteiger partial charge in [-0.3, -0.25) is 0 Å². The van der Waals surface area contributed by atoms with E-state index < -0.39 is 0 Å². The minimum atomic E-state index is 0.202. The highest BCUT2D eigenvalue weighted by atomic mass is 79.9. The second-order valence-electron chi connectivity index (χ2n) is 3.38. The van der Waals surface area contributed by atoms with Crippen molar-refractivity contribution in [3.05, 3.63) is 21.8 Å². The molecule has 0 unspecified atom stereocenters. The molecule has 0 saturated carbocycles. The molecule has 94 valence electrons. The topological polar surface area (TPSA) is 74.7 Å². The van der Waals surface area contributed by atoms with E-state index in [1.54, 1.807) is 12.3 Å². The van der Waals surface area contributed by atoms with Crippen LogP contribution in [0.2, 0.25) is 5.02 Å². The average molecular weight is 322 g/mol. The van der Waals surface area contributed by atoms with Gasteiger partial charge >= 0.3 is 0 Å². The van der Waals surface area contributed by atoms with E-state index in [0.29, 0.717) is 18.0 Å². The highest BCUT2D eigenvalue weighted by Crippen LogP contribution is 2.26. The predicted octanol–water partition coefficient (Wildman–Crippen LogP) is 2.46. The second-order valence-corrected chi connectivity index (χ2v) is 4.67. The zero-order valence-electron chi connectivity index (χ0n) is 9.40. The van der Waals surface area contributed by atoms with Gasteiger partial charge in [0.05, 0.1) is 9.50 Å². The lowest BCUT2D eigenvalue weighted by molar-refractivity contribution is 0.317. The summed E-state index contributed by atoms with van der Waals surface area (Å²) in [7, 11) is 0. The van der Waals surface area contributed by atoms with Crippen molar-refractivity contribution < 1.29 is 5.21 Å². The lowest BCUT2D eigenvalue weighted by Crippen LogP contribution is -2.29. The Morgan fingerprint density at radius 1 is 1.71 bits per heavy atom. The maximum Gasteiger partial charge on any atom is 0.142 e. The Balaban J connectivity index is 2.79. The first-order valence-corrected chi connectivity index (χ1v) is 6.28. The molecule has 1 aromatic rings. The Bertz CT molecular complexity index is 413. The molecule has 0 atom stereocenters. The van der Waals surface area contributed by atoms with Crippen LogP contribution in [0.5, 0.6) is 0 Å². The second kappa shape index (κ2) is 6.66. The van der Waals surface area contributed by atoms with E-state index >= 15 is 0 Å². The molecule has 0 aromatic carbocycles. The number of nitrogens with two attached hydrogens (primary N) is 1. The van der Waals surface area contributed by atoms with Crippen LogP contribution in [0.25, 0.3) is 0 Å². The van der Waals surface area contributed by atoms with Crippen molar-refractivity contribution in [2.75, 3.05) is 18.0 Å². The standard InChI is InChI=1S/C10H14BrClN4O/c1-2-16(4-3-9(13)15-17)10-8(11)5-7(12)6-14-10/h5-6,17H,2-4H2,1H3,(H2,13,15). The number of aromatic nitrogens is 1. The largest absolute Gasteiger partial charge is 0.409 e. The van der Waals surface area contributed by atoms with Crippen molar-refractivity contribution in [2.45, 2.75) is 13.3 Å². The van der Waals surface area contributed by atoms with Gasteiger partial charge < -0.3 is 15.8 Å². The molecule has 1 heterocycles. The fourth-order valence-electron chi connectivity index (χ4n) is 1.35. The van der Waals surface area contributed by atoms with E-state index in [-0.39, 0.29) is 5.84 Å². The highest BCUT2D eigenvalue weighted by Gasteiger charge is 2.11. The lowest BCUT2D eigenvalue weighted by atomic mass is 10.3. The zero-order chi connectivity index (χ0) is 12.8. The Labute approximate surface area is 113 Å². The van der Waals surface area contributed by atoms with E-state index in [9.17, 15) is 0 Å². The highest BCUT2D eigenvalue weighted by molar-refractivity contribution is 9.10. The van der Waals surface area contributed by atoms with Crippen LogP contribution in [0.4, 0.5) is 5.82 Å². The Morgan fingerprint density at radius 2 is 2.41 bits per heavy atom. The van der Waals surface area contributed by atoms with Crippen LogP contribution in [0, 0.1) is 0 Å². The molecule has 0 spiro atoms. The van der Waals surface area contributed by atoms with Crippen LogP contribution in [0.1, 0.15) is 13.3 Å². The number of oxime groups is 1. The normalized spacial score (nSPS) is 11.6. The number of hydrogen-bond acceptors (Lipinski definition) is 4. The fraction of sp³-hybridized carbons (Fsp3) is 0.400. The summed E-state index contributed by atoms with van der Waals surface area (Å²) in [4.78, 5) is 6.27. The van der Waals surface area contributed by atoms with E-state index in [2.05, 4.69) is 26.1 Å². The fourth-order valence-corrected chi connectivity index (χ4v) is 2.24. The molecule has 0 aliphatic heterocycles. The van der Waals surface area contributed by atoms with E-state index in [1.807, 2.05) is 11.8 Å². The lowest BCUT2D eigenvalue weighted by Gasteiger charge is -2.22. The van der Waals surface area contributed by atoms with Gasteiger partial charge in [0.15, 0.2) is 0 Å². The van der Waals surface area contributed by atoms with E-state index in [1.165, 1.54) is 0 Å². The van der Waals surface area contributed by atoms with Crippen molar-refractivity contribution in [2.24, 2.45) is 10.9 Å². The van der Waals surface area contributed by atoms with Gasteiger partial charge in [0.1, 0.15) is 11.7 Å². The van der Waals surface area contributed by atoms with Crippen molar-refractivity contribution in [1.82, 2.24) is 4.98 Å². The Morgan fingerprint density at radius 3 is 2.94 bits per heavy atom. The first-order valence-electron chi connectivity index (χ1n) is 5.10. The Hall–Kier alpha value is -1.01. The van der Waals surface area contributed by atoms with Gasteiger partial charge in [0.25, 0.3) is 0 Å². The van der Waals surface area contributed by atoms with Gasteiger partial charge in [-0.25, -0.2) is 4.98 Å². The van der Waals surface area contributed by atoms with Gasteiger partial charge in [0, 0.05) is 25.7 Å². The molecule has 0 aliphatic rings. The summed E-state index contributed by atoms with van der Waals surface area (Å²) in [5.41, 5.74) is 5.44. The average Bonchev–Trinajstić information content (AvgIpc) is 2.31. The summed E-state index contributed by atoms with van der Waals surface area (Å²) in [6.45, 7) is 3.40. The van der Waals surface area contributed by atoms with Crippen LogP contribution >= 0.6 is 27.5 Å². The number of nitrogens with zero attached hydrogens (tertiary/aromatic N) is 3. The maximum atomic E-state index is 8.48. The summed E-state index contributed by atoms with van der Waals surface area (Å²) in [6, 6.07) is 1.79. The molecule has 5 nitrogen and oxygen atoms in total. The molecule has 0 saturated heterocycles. The molecule has 3 N–H and O–H groups in total. The predicted molar refractivity (Wildman–Crippen MR) is 72.9 cm³/mol. The summed E-state index contributed by atoms with van der Waals surface area (Å²) in [5, 5.41) is 12.0. The van der Waals surface area contributed by atoms with Crippen LogP contribution in [0.15, 0.2) is 21.9 Å². The molecule has 0 amide bonds. The molecule has 0 bridgehead atoms. The minimum Gasteiger partial charge on any atom is -0.409 e. The smallest absolute Gasteiger partial charge is 0.142 e. The molecule has 0 aliphatic carbocycles. The van der Waals surface area contributed by atoms with Gasteiger partial charge in [-0.2, -0.15) is 0 Å². The number of amidine groups is 1.